The molecule has 0 amide bonds. The number of halogens is 1. The molecule has 0 radical (unpaired) electrons. The van der Waals surface area contributed by atoms with Crippen LogP contribution < -0.4 is 10.1 Å². The first-order chi connectivity index (χ1) is 9.67. The van der Waals surface area contributed by atoms with Crippen LogP contribution in [-0.4, -0.2) is 14.2 Å². The fourth-order valence-electron chi connectivity index (χ4n) is 2.51. The van der Waals surface area contributed by atoms with Gasteiger partial charge in [-0.2, -0.15) is 0 Å². The molecule has 0 aliphatic carbocycles. The van der Waals surface area contributed by atoms with Crippen LogP contribution in [0.3, 0.4) is 0 Å². The third kappa shape index (κ3) is 3.22. The van der Waals surface area contributed by atoms with Gasteiger partial charge in [-0.15, -0.1) is 0 Å². The molecule has 2 aromatic rings. The maximum atomic E-state index is 5.26. The molecule has 2 aromatic carbocycles. The predicted molar refractivity (Wildman–Crippen MR) is 87.4 cm³/mol. The van der Waals surface area contributed by atoms with Gasteiger partial charge < -0.3 is 10.1 Å². The predicted octanol–water partition coefficient (Wildman–Crippen LogP) is 4.52. The quantitative estimate of drug-likeness (QED) is 0.868. The van der Waals surface area contributed by atoms with E-state index in [-0.39, 0.29) is 6.04 Å². The largest absolute Gasteiger partial charge is 0.497 e. The Labute approximate surface area is 129 Å². The van der Waals surface area contributed by atoms with E-state index in [9.17, 15) is 0 Å². The molecule has 0 aromatic heterocycles. The summed E-state index contributed by atoms with van der Waals surface area (Å²) in [6.07, 6.45) is 0. The number of rotatable bonds is 5. The summed E-state index contributed by atoms with van der Waals surface area (Å²) >= 11 is 3.65. The third-order valence-electron chi connectivity index (χ3n) is 3.68. The first-order valence-corrected chi connectivity index (χ1v) is 7.52. The standard InChI is InChI=1S/C17H20BrNO/c1-12(13-7-5-4-6-8-13)17(19-2)15-10-9-14(20-3)11-16(15)18/h4-12,17,19H,1-3H3. The van der Waals surface area contributed by atoms with Crippen LogP contribution in [0.25, 0.3) is 0 Å². The average Bonchev–Trinajstić information content (AvgIpc) is 2.50. The highest BCUT2D eigenvalue weighted by Gasteiger charge is 2.21. The Morgan fingerprint density at radius 1 is 1.10 bits per heavy atom. The van der Waals surface area contributed by atoms with Gasteiger partial charge >= 0.3 is 0 Å². The van der Waals surface area contributed by atoms with E-state index in [0.29, 0.717) is 5.92 Å². The Morgan fingerprint density at radius 2 is 1.80 bits per heavy atom. The highest BCUT2D eigenvalue weighted by molar-refractivity contribution is 9.10. The zero-order chi connectivity index (χ0) is 14.5. The van der Waals surface area contributed by atoms with E-state index >= 15 is 0 Å². The van der Waals surface area contributed by atoms with Gasteiger partial charge in [-0.05, 0) is 30.3 Å². The Kier molecular flexibility index (Phi) is 5.21. The minimum Gasteiger partial charge on any atom is -0.497 e. The van der Waals surface area contributed by atoms with Gasteiger partial charge in [0.1, 0.15) is 5.75 Å². The monoisotopic (exact) mass is 333 g/mol. The molecule has 3 heteroatoms. The van der Waals surface area contributed by atoms with Crippen LogP contribution in [0.1, 0.15) is 30.0 Å². The molecular formula is C17H20BrNO. The number of ether oxygens (including phenoxy) is 1. The SMILES string of the molecule is CNC(c1ccc(OC)cc1Br)C(C)c1ccccc1. The van der Waals surface area contributed by atoms with Gasteiger partial charge in [-0.1, -0.05) is 59.3 Å². The average molecular weight is 334 g/mol. The minimum atomic E-state index is 0.248. The van der Waals surface area contributed by atoms with Crippen molar-refractivity contribution < 1.29 is 4.74 Å². The van der Waals surface area contributed by atoms with E-state index < -0.39 is 0 Å². The van der Waals surface area contributed by atoms with Gasteiger partial charge in [0.25, 0.3) is 0 Å². The van der Waals surface area contributed by atoms with Crippen molar-refractivity contribution in [2.45, 2.75) is 18.9 Å². The van der Waals surface area contributed by atoms with E-state index in [1.165, 1.54) is 11.1 Å². The summed E-state index contributed by atoms with van der Waals surface area (Å²) in [7, 11) is 3.68. The first-order valence-electron chi connectivity index (χ1n) is 6.73. The van der Waals surface area contributed by atoms with Gasteiger partial charge in [0, 0.05) is 16.4 Å². The van der Waals surface area contributed by atoms with E-state index in [1.54, 1.807) is 7.11 Å². The van der Waals surface area contributed by atoms with Gasteiger partial charge in [0.05, 0.1) is 7.11 Å². The lowest BCUT2D eigenvalue weighted by Gasteiger charge is -2.25. The second-order valence-electron chi connectivity index (χ2n) is 4.85. The minimum absolute atomic E-state index is 0.248. The van der Waals surface area contributed by atoms with Gasteiger partial charge in [0.15, 0.2) is 0 Å². The van der Waals surface area contributed by atoms with Crippen LogP contribution in [0.15, 0.2) is 53.0 Å². The second kappa shape index (κ2) is 6.91. The summed E-state index contributed by atoms with van der Waals surface area (Å²) < 4.78 is 6.33. The Hall–Kier alpha value is -1.32. The molecule has 0 aliphatic rings. The summed E-state index contributed by atoms with van der Waals surface area (Å²) in [4.78, 5) is 0. The Morgan fingerprint density at radius 3 is 2.35 bits per heavy atom. The summed E-state index contributed by atoms with van der Waals surface area (Å²) in [5.74, 6) is 1.24. The molecule has 0 saturated carbocycles. The fraction of sp³-hybridized carbons (Fsp3) is 0.294. The number of methoxy groups -OCH3 is 1. The lowest BCUT2D eigenvalue weighted by molar-refractivity contribution is 0.413. The van der Waals surface area contributed by atoms with E-state index in [1.807, 2.05) is 25.2 Å². The molecule has 0 spiro atoms. The molecule has 0 fully saturated rings. The van der Waals surface area contributed by atoms with E-state index in [0.717, 1.165) is 10.2 Å². The fourth-order valence-corrected chi connectivity index (χ4v) is 3.12. The van der Waals surface area contributed by atoms with Crippen molar-refractivity contribution in [3.8, 4) is 5.75 Å². The van der Waals surface area contributed by atoms with Crippen molar-refractivity contribution in [1.29, 1.82) is 0 Å². The van der Waals surface area contributed by atoms with E-state index in [2.05, 4.69) is 58.5 Å². The van der Waals surface area contributed by atoms with E-state index in [4.69, 9.17) is 4.74 Å². The van der Waals surface area contributed by atoms with Crippen LogP contribution in [0.5, 0.6) is 5.75 Å². The van der Waals surface area contributed by atoms with Crippen molar-refractivity contribution in [2.75, 3.05) is 14.2 Å². The van der Waals surface area contributed by atoms with Crippen molar-refractivity contribution >= 4 is 15.9 Å². The summed E-state index contributed by atoms with van der Waals surface area (Å²) in [5.41, 5.74) is 2.57. The lowest BCUT2D eigenvalue weighted by Crippen LogP contribution is -2.22. The van der Waals surface area contributed by atoms with Crippen LogP contribution in [-0.2, 0) is 0 Å². The number of hydrogen-bond acceptors (Lipinski definition) is 2. The molecule has 20 heavy (non-hydrogen) atoms. The number of hydrogen-bond donors (Lipinski definition) is 1. The molecule has 2 unspecified atom stereocenters. The second-order valence-corrected chi connectivity index (χ2v) is 5.71. The van der Waals surface area contributed by atoms with Crippen LogP contribution in [0, 0.1) is 0 Å². The molecule has 0 aliphatic heterocycles. The van der Waals surface area contributed by atoms with Gasteiger partial charge in [-0.25, -0.2) is 0 Å². The molecule has 2 nitrogen and oxygen atoms in total. The maximum absolute atomic E-state index is 5.26. The summed E-state index contributed by atoms with van der Waals surface area (Å²) in [5, 5.41) is 3.42. The molecule has 2 rings (SSSR count). The lowest BCUT2D eigenvalue weighted by atomic mass is 9.88. The molecule has 0 saturated heterocycles. The number of benzene rings is 2. The van der Waals surface area contributed by atoms with Crippen LogP contribution in [0.4, 0.5) is 0 Å². The third-order valence-corrected chi connectivity index (χ3v) is 4.37. The number of nitrogens with one attached hydrogen (secondary N) is 1. The highest BCUT2D eigenvalue weighted by atomic mass is 79.9. The van der Waals surface area contributed by atoms with Crippen LogP contribution in [0.2, 0.25) is 0 Å². The number of likely N-dealkylation sites (N-methyl/N-ethyl adjacent to an activating group) is 1. The zero-order valence-electron chi connectivity index (χ0n) is 12.1. The van der Waals surface area contributed by atoms with Gasteiger partial charge in [0.2, 0.25) is 0 Å². The van der Waals surface area contributed by atoms with Crippen molar-refractivity contribution in [2.24, 2.45) is 0 Å². The zero-order valence-corrected chi connectivity index (χ0v) is 13.6. The summed E-state index contributed by atoms with van der Waals surface area (Å²) in [6.45, 7) is 2.24. The Bertz CT molecular complexity index is 556. The highest BCUT2D eigenvalue weighted by Crippen LogP contribution is 2.35. The topological polar surface area (TPSA) is 21.3 Å². The maximum Gasteiger partial charge on any atom is 0.120 e. The first kappa shape index (κ1) is 15.1. The molecule has 0 bridgehead atoms. The van der Waals surface area contributed by atoms with Crippen molar-refractivity contribution in [1.82, 2.24) is 5.32 Å². The van der Waals surface area contributed by atoms with Gasteiger partial charge in [-0.3, -0.25) is 0 Å². The molecule has 106 valence electrons. The summed E-state index contributed by atoms with van der Waals surface area (Å²) in [6, 6.07) is 16.9. The molecule has 1 N–H and O–H groups in total. The molecule has 0 heterocycles. The normalized spacial score (nSPS) is 13.8. The van der Waals surface area contributed by atoms with Crippen molar-refractivity contribution in [3.63, 3.8) is 0 Å². The molecular weight excluding hydrogens is 314 g/mol. The smallest absolute Gasteiger partial charge is 0.120 e. The van der Waals surface area contributed by atoms with Crippen LogP contribution >= 0.6 is 15.9 Å². The Balaban J connectivity index is 2.33. The van der Waals surface area contributed by atoms with Crippen molar-refractivity contribution in [3.05, 3.63) is 64.1 Å². The molecule has 2 atom stereocenters.